The van der Waals surface area contributed by atoms with Crippen molar-refractivity contribution in [2.24, 2.45) is 0 Å². The molecule has 0 amide bonds. The van der Waals surface area contributed by atoms with Gasteiger partial charge >= 0.3 is 5.97 Å². The number of thiophene rings is 1. The molecule has 0 spiro atoms. The Bertz CT molecular complexity index is 877. The van der Waals surface area contributed by atoms with Crippen LogP contribution in [-0.2, 0) is 17.6 Å². The average molecular weight is 419 g/mol. The van der Waals surface area contributed by atoms with Crippen LogP contribution in [0.3, 0.4) is 0 Å². The van der Waals surface area contributed by atoms with Crippen molar-refractivity contribution in [2.75, 3.05) is 24.9 Å². The molecule has 0 radical (unpaired) electrons. The number of nitrogens with one attached hydrogen (secondary N) is 2. The van der Waals surface area contributed by atoms with E-state index in [0.29, 0.717) is 10.7 Å². The highest BCUT2D eigenvalue weighted by molar-refractivity contribution is 7.80. The second kappa shape index (κ2) is 9.39. The number of carbonyl (C=O) groups excluding carboxylic acids is 1. The second-order valence-electron chi connectivity index (χ2n) is 6.87. The van der Waals surface area contributed by atoms with Crippen LogP contribution in [0.4, 0.5) is 10.7 Å². The highest BCUT2D eigenvalue weighted by Crippen LogP contribution is 2.37. The fourth-order valence-corrected chi connectivity index (χ4v) is 5.04. The van der Waals surface area contributed by atoms with Gasteiger partial charge in [-0.2, -0.15) is 0 Å². The van der Waals surface area contributed by atoms with Crippen molar-refractivity contribution in [2.45, 2.75) is 45.4 Å². The molecule has 7 heteroatoms. The number of aryl methyl sites for hydroxylation is 2. The van der Waals surface area contributed by atoms with E-state index in [1.165, 1.54) is 24.8 Å². The Labute approximate surface area is 175 Å². The Hall–Kier alpha value is -2.12. The van der Waals surface area contributed by atoms with Crippen LogP contribution < -0.4 is 15.4 Å². The van der Waals surface area contributed by atoms with Crippen molar-refractivity contribution < 1.29 is 14.3 Å². The molecule has 0 aliphatic heterocycles. The van der Waals surface area contributed by atoms with Gasteiger partial charge in [0.25, 0.3) is 0 Å². The Balaban J connectivity index is 1.83. The van der Waals surface area contributed by atoms with Crippen molar-refractivity contribution in [3.8, 4) is 5.75 Å². The fraction of sp³-hybridized carbons (Fsp3) is 0.429. The summed E-state index contributed by atoms with van der Waals surface area (Å²) in [6.45, 7) is 1.99. The van der Waals surface area contributed by atoms with Gasteiger partial charge in [-0.05, 0) is 74.2 Å². The molecule has 0 atom stereocenters. The van der Waals surface area contributed by atoms with Gasteiger partial charge in [-0.15, -0.1) is 11.3 Å². The number of thiocarbonyl (C=S) groups is 1. The molecule has 0 fully saturated rings. The summed E-state index contributed by atoms with van der Waals surface area (Å²) in [6.07, 6.45) is 6.61. The highest BCUT2D eigenvalue weighted by Gasteiger charge is 2.25. The van der Waals surface area contributed by atoms with Crippen LogP contribution in [0.15, 0.2) is 18.2 Å². The third-order valence-corrected chi connectivity index (χ3v) is 6.38. The minimum atomic E-state index is -0.302. The van der Waals surface area contributed by atoms with E-state index in [0.717, 1.165) is 53.2 Å². The lowest BCUT2D eigenvalue weighted by Gasteiger charge is -2.14. The molecule has 1 aromatic heterocycles. The molecule has 1 heterocycles. The summed E-state index contributed by atoms with van der Waals surface area (Å²) in [5.41, 5.74) is 3.69. The maximum Gasteiger partial charge on any atom is 0.341 e. The maximum atomic E-state index is 12.5. The smallest absolute Gasteiger partial charge is 0.341 e. The summed E-state index contributed by atoms with van der Waals surface area (Å²) in [5, 5.41) is 7.67. The van der Waals surface area contributed by atoms with Gasteiger partial charge in [0.2, 0.25) is 0 Å². The van der Waals surface area contributed by atoms with Crippen molar-refractivity contribution in [1.29, 1.82) is 0 Å². The molecule has 0 unspecified atom stereocenters. The van der Waals surface area contributed by atoms with Crippen LogP contribution in [0.5, 0.6) is 5.75 Å². The molecule has 5 nitrogen and oxygen atoms in total. The predicted molar refractivity (Wildman–Crippen MR) is 119 cm³/mol. The molecule has 3 rings (SSSR count). The number of methoxy groups -OCH3 is 2. The van der Waals surface area contributed by atoms with Gasteiger partial charge in [0.1, 0.15) is 10.8 Å². The predicted octanol–water partition coefficient (Wildman–Crippen LogP) is 5.32. The van der Waals surface area contributed by atoms with Crippen molar-refractivity contribution in [3.05, 3.63) is 39.8 Å². The molecule has 0 saturated carbocycles. The second-order valence-corrected chi connectivity index (χ2v) is 8.39. The minimum absolute atomic E-state index is 0.302. The van der Waals surface area contributed by atoms with Gasteiger partial charge in [0.05, 0.1) is 19.8 Å². The van der Waals surface area contributed by atoms with E-state index in [1.807, 2.05) is 25.1 Å². The van der Waals surface area contributed by atoms with Crippen molar-refractivity contribution in [3.63, 3.8) is 0 Å². The van der Waals surface area contributed by atoms with E-state index in [2.05, 4.69) is 10.6 Å². The molecule has 1 aromatic carbocycles. The Morgan fingerprint density at radius 1 is 1.11 bits per heavy atom. The first-order chi connectivity index (χ1) is 13.5. The third-order valence-electron chi connectivity index (χ3n) is 4.97. The lowest BCUT2D eigenvalue weighted by Crippen LogP contribution is -2.20. The van der Waals surface area contributed by atoms with E-state index in [9.17, 15) is 4.79 Å². The summed E-state index contributed by atoms with van der Waals surface area (Å²) in [6, 6.07) is 5.76. The standard InChI is InChI=1S/C21H26N2O3S2/c1-13-12-14(25-2)10-11-16(13)22-21(27)23-19-18(20(24)26-3)15-8-6-4-5-7-9-17(15)28-19/h10-12H,4-9H2,1-3H3,(H2,22,23,27). The summed E-state index contributed by atoms with van der Waals surface area (Å²) in [5.74, 6) is 0.497. The van der Waals surface area contributed by atoms with Gasteiger partial charge < -0.3 is 20.1 Å². The molecule has 150 valence electrons. The molecule has 1 aliphatic rings. The monoisotopic (exact) mass is 418 g/mol. The molecule has 28 heavy (non-hydrogen) atoms. The zero-order chi connectivity index (χ0) is 20.1. The number of esters is 1. The quantitative estimate of drug-likeness (QED) is 0.518. The van der Waals surface area contributed by atoms with Crippen LogP contribution in [0, 0.1) is 6.92 Å². The fourth-order valence-electron chi connectivity index (χ4n) is 3.49. The van der Waals surface area contributed by atoms with Gasteiger partial charge in [-0.3, -0.25) is 0 Å². The molecule has 2 aromatic rings. The molecule has 2 N–H and O–H groups in total. The number of anilines is 2. The zero-order valence-corrected chi connectivity index (χ0v) is 18.1. The molecule has 1 aliphatic carbocycles. The molecule has 0 bridgehead atoms. The summed E-state index contributed by atoms with van der Waals surface area (Å²) >= 11 is 7.13. The number of fused-ring (bicyclic) bond motifs is 1. The SMILES string of the molecule is COC(=O)c1c(NC(=S)Nc2ccc(OC)cc2C)sc2c1CCCCCC2. The number of benzene rings is 1. The van der Waals surface area contributed by atoms with Gasteiger partial charge in [0.15, 0.2) is 5.11 Å². The zero-order valence-electron chi connectivity index (χ0n) is 16.5. The van der Waals surface area contributed by atoms with Crippen LogP contribution >= 0.6 is 23.6 Å². The lowest BCUT2D eigenvalue weighted by atomic mass is 9.96. The van der Waals surface area contributed by atoms with E-state index in [4.69, 9.17) is 21.7 Å². The maximum absolute atomic E-state index is 12.5. The summed E-state index contributed by atoms with van der Waals surface area (Å²) in [4.78, 5) is 13.8. The Morgan fingerprint density at radius 2 is 1.86 bits per heavy atom. The first-order valence-corrected chi connectivity index (χ1v) is 10.7. The normalized spacial score (nSPS) is 13.7. The number of ether oxygens (including phenoxy) is 2. The van der Waals surface area contributed by atoms with Crippen LogP contribution in [0.2, 0.25) is 0 Å². The first kappa shape index (κ1) is 20.6. The third kappa shape index (κ3) is 4.64. The number of hydrogen-bond acceptors (Lipinski definition) is 5. The largest absolute Gasteiger partial charge is 0.497 e. The Kier molecular flexibility index (Phi) is 6.91. The van der Waals surface area contributed by atoms with Crippen molar-refractivity contribution in [1.82, 2.24) is 0 Å². The highest BCUT2D eigenvalue weighted by atomic mass is 32.1. The van der Waals surface area contributed by atoms with Gasteiger partial charge in [-0.25, -0.2) is 4.79 Å². The van der Waals surface area contributed by atoms with Crippen LogP contribution in [0.25, 0.3) is 0 Å². The summed E-state index contributed by atoms with van der Waals surface area (Å²) < 4.78 is 10.3. The van der Waals surface area contributed by atoms with Gasteiger partial charge in [0, 0.05) is 10.6 Å². The number of rotatable bonds is 4. The Morgan fingerprint density at radius 3 is 2.54 bits per heavy atom. The van der Waals surface area contributed by atoms with Crippen LogP contribution in [0.1, 0.15) is 52.0 Å². The average Bonchev–Trinajstić information content (AvgIpc) is 2.98. The van der Waals surface area contributed by atoms with Gasteiger partial charge in [-0.1, -0.05) is 12.8 Å². The van der Waals surface area contributed by atoms with E-state index >= 15 is 0 Å². The van der Waals surface area contributed by atoms with E-state index in [-0.39, 0.29) is 5.97 Å². The number of hydrogen-bond donors (Lipinski definition) is 2. The lowest BCUT2D eigenvalue weighted by molar-refractivity contribution is 0.0601. The van der Waals surface area contributed by atoms with E-state index in [1.54, 1.807) is 18.4 Å². The minimum Gasteiger partial charge on any atom is -0.497 e. The van der Waals surface area contributed by atoms with Crippen molar-refractivity contribution >= 4 is 45.3 Å². The topological polar surface area (TPSA) is 59.6 Å². The molecule has 0 saturated heterocycles. The van der Waals surface area contributed by atoms with Crippen LogP contribution in [-0.4, -0.2) is 25.3 Å². The molecular weight excluding hydrogens is 392 g/mol. The first-order valence-electron chi connectivity index (χ1n) is 9.49. The summed E-state index contributed by atoms with van der Waals surface area (Å²) in [7, 11) is 3.07. The van der Waals surface area contributed by atoms with E-state index < -0.39 is 0 Å². The molecular formula is C21H26N2O3S2. The number of carbonyl (C=O) groups is 1.